The van der Waals surface area contributed by atoms with Gasteiger partial charge in [-0.05, 0) is 13.0 Å². The van der Waals surface area contributed by atoms with Crippen molar-refractivity contribution in [3.8, 4) is 0 Å². The quantitative estimate of drug-likeness (QED) is 0.643. The van der Waals surface area contributed by atoms with Crippen LogP contribution in [0.1, 0.15) is 11.4 Å². The Bertz CT molecular complexity index is 667. The molecule has 2 aromatic heterocycles. The number of nitrogens with one attached hydrogen (secondary N) is 1. The molecule has 1 fully saturated rings. The van der Waals surface area contributed by atoms with Crippen molar-refractivity contribution < 1.29 is 4.79 Å². The number of amides is 1. The molecule has 0 bridgehead atoms. The molecule has 0 radical (unpaired) electrons. The zero-order valence-corrected chi connectivity index (χ0v) is 11.2. The average molecular weight is 281 g/mol. The van der Waals surface area contributed by atoms with Crippen molar-refractivity contribution in [3.05, 3.63) is 27.9 Å². The SMILES string of the molecule is Cc1nc2sccn2c1/C=C1\SC(=S)NC1=O. The zero-order valence-electron chi connectivity index (χ0n) is 8.76. The lowest BCUT2D eigenvalue weighted by atomic mass is 10.3. The molecule has 7 heteroatoms. The number of thiazole rings is 1. The molecule has 0 saturated carbocycles. The molecule has 86 valence electrons. The van der Waals surface area contributed by atoms with E-state index in [1.165, 1.54) is 11.8 Å². The third kappa shape index (κ3) is 1.80. The summed E-state index contributed by atoms with van der Waals surface area (Å²) in [4.78, 5) is 17.6. The van der Waals surface area contributed by atoms with E-state index in [1.807, 2.05) is 29.0 Å². The lowest BCUT2D eigenvalue weighted by molar-refractivity contribution is -0.115. The van der Waals surface area contributed by atoms with Crippen molar-refractivity contribution >= 4 is 56.6 Å². The van der Waals surface area contributed by atoms with Crippen molar-refractivity contribution in [2.75, 3.05) is 0 Å². The van der Waals surface area contributed by atoms with Gasteiger partial charge in [0.1, 0.15) is 4.32 Å². The molecule has 17 heavy (non-hydrogen) atoms. The van der Waals surface area contributed by atoms with Gasteiger partial charge in [-0.25, -0.2) is 4.98 Å². The molecular formula is C10H7N3OS3. The molecule has 0 atom stereocenters. The van der Waals surface area contributed by atoms with Crippen LogP contribution in [0.4, 0.5) is 0 Å². The Morgan fingerprint density at radius 2 is 2.41 bits per heavy atom. The number of fused-ring (bicyclic) bond motifs is 1. The second-order valence-electron chi connectivity index (χ2n) is 3.49. The van der Waals surface area contributed by atoms with Crippen LogP contribution < -0.4 is 5.32 Å². The molecule has 0 aromatic carbocycles. The Labute approximate surface area is 111 Å². The summed E-state index contributed by atoms with van der Waals surface area (Å²) < 4.78 is 2.48. The summed E-state index contributed by atoms with van der Waals surface area (Å²) in [5.41, 5.74) is 1.85. The number of carbonyl (C=O) groups excluding carboxylic acids is 1. The average Bonchev–Trinajstić information content (AvgIpc) is 2.88. The molecule has 0 spiro atoms. The van der Waals surface area contributed by atoms with Crippen molar-refractivity contribution in [1.82, 2.24) is 14.7 Å². The predicted molar refractivity (Wildman–Crippen MR) is 74.1 cm³/mol. The van der Waals surface area contributed by atoms with Crippen LogP contribution in [0.15, 0.2) is 16.5 Å². The van der Waals surface area contributed by atoms with E-state index in [9.17, 15) is 4.79 Å². The fourth-order valence-electron chi connectivity index (χ4n) is 1.63. The van der Waals surface area contributed by atoms with Gasteiger partial charge in [-0.2, -0.15) is 0 Å². The Balaban J connectivity index is 2.13. The Kier molecular flexibility index (Phi) is 2.53. The van der Waals surface area contributed by atoms with E-state index in [1.54, 1.807) is 11.3 Å². The highest BCUT2D eigenvalue weighted by Crippen LogP contribution is 2.27. The van der Waals surface area contributed by atoms with E-state index in [-0.39, 0.29) is 5.91 Å². The fourth-order valence-corrected chi connectivity index (χ4v) is 3.42. The minimum absolute atomic E-state index is 0.135. The third-order valence-corrected chi connectivity index (χ3v) is 4.31. The zero-order chi connectivity index (χ0) is 12.0. The number of carbonyl (C=O) groups is 1. The molecule has 1 N–H and O–H groups in total. The molecule has 1 aliphatic rings. The van der Waals surface area contributed by atoms with Crippen LogP contribution in [0.2, 0.25) is 0 Å². The summed E-state index contributed by atoms with van der Waals surface area (Å²) in [6.45, 7) is 1.93. The van der Waals surface area contributed by atoms with Gasteiger partial charge >= 0.3 is 0 Å². The summed E-state index contributed by atoms with van der Waals surface area (Å²) in [6, 6.07) is 0. The fraction of sp³-hybridized carbons (Fsp3) is 0.100. The number of rotatable bonds is 1. The van der Waals surface area contributed by atoms with Gasteiger partial charge in [0.2, 0.25) is 0 Å². The standard InChI is InChI=1S/C10H7N3OS3/c1-5-6(13-2-3-16-9(13)11-5)4-7-8(14)12-10(15)17-7/h2-4H,1H3,(H,12,14,15)/b7-4-. The molecular weight excluding hydrogens is 274 g/mol. The first kappa shape index (κ1) is 10.9. The van der Waals surface area contributed by atoms with E-state index in [0.29, 0.717) is 9.23 Å². The first-order chi connectivity index (χ1) is 8.15. The normalized spacial score (nSPS) is 18.3. The molecule has 1 saturated heterocycles. The number of thiocarbonyl (C=S) groups is 1. The van der Waals surface area contributed by atoms with Gasteiger partial charge in [0.05, 0.1) is 16.3 Å². The lowest BCUT2D eigenvalue weighted by Gasteiger charge is -1.94. The van der Waals surface area contributed by atoms with Gasteiger partial charge in [0.15, 0.2) is 4.96 Å². The van der Waals surface area contributed by atoms with E-state index < -0.39 is 0 Å². The number of aromatic nitrogens is 2. The van der Waals surface area contributed by atoms with E-state index >= 15 is 0 Å². The van der Waals surface area contributed by atoms with E-state index in [4.69, 9.17) is 12.2 Å². The summed E-state index contributed by atoms with van der Waals surface area (Å²) in [5, 5.41) is 4.57. The third-order valence-electron chi connectivity index (χ3n) is 2.39. The van der Waals surface area contributed by atoms with Crippen molar-refractivity contribution in [2.45, 2.75) is 6.92 Å². The van der Waals surface area contributed by atoms with Crippen molar-refractivity contribution in [3.63, 3.8) is 0 Å². The maximum absolute atomic E-state index is 11.6. The molecule has 0 aliphatic carbocycles. The number of imidazole rings is 1. The molecule has 3 rings (SSSR count). The Morgan fingerprint density at radius 3 is 3.12 bits per heavy atom. The summed E-state index contributed by atoms with van der Waals surface area (Å²) in [5.74, 6) is -0.135. The summed E-state index contributed by atoms with van der Waals surface area (Å²) >= 11 is 7.81. The van der Waals surface area contributed by atoms with Crippen molar-refractivity contribution in [1.29, 1.82) is 0 Å². The van der Waals surface area contributed by atoms with E-state index in [0.717, 1.165) is 16.3 Å². The number of hydrogen-bond donors (Lipinski definition) is 1. The topological polar surface area (TPSA) is 46.4 Å². The molecule has 1 aliphatic heterocycles. The van der Waals surface area contributed by atoms with Crippen LogP contribution in [-0.4, -0.2) is 19.6 Å². The summed E-state index contributed by atoms with van der Waals surface area (Å²) in [6.07, 6.45) is 3.78. The van der Waals surface area contributed by atoms with Crippen LogP contribution >= 0.6 is 35.3 Å². The monoisotopic (exact) mass is 281 g/mol. The lowest BCUT2D eigenvalue weighted by Crippen LogP contribution is -2.17. The highest BCUT2D eigenvalue weighted by atomic mass is 32.2. The maximum atomic E-state index is 11.6. The second-order valence-corrected chi connectivity index (χ2v) is 6.08. The van der Waals surface area contributed by atoms with Crippen LogP contribution in [0.25, 0.3) is 11.0 Å². The highest BCUT2D eigenvalue weighted by Gasteiger charge is 2.23. The first-order valence-corrected chi connectivity index (χ1v) is 6.92. The first-order valence-electron chi connectivity index (χ1n) is 4.82. The van der Waals surface area contributed by atoms with Gasteiger partial charge in [-0.1, -0.05) is 24.0 Å². The molecule has 4 nitrogen and oxygen atoms in total. The number of thioether (sulfide) groups is 1. The second kappa shape index (κ2) is 3.94. The van der Waals surface area contributed by atoms with Crippen LogP contribution in [0.5, 0.6) is 0 Å². The highest BCUT2D eigenvalue weighted by molar-refractivity contribution is 8.26. The van der Waals surface area contributed by atoms with Gasteiger partial charge in [-0.3, -0.25) is 9.20 Å². The molecule has 1 amide bonds. The van der Waals surface area contributed by atoms with Gasteiger partial charge < -0.3 is 5.32 Å². The number of nitrogens with zero attached hydrogens (tertiary/aromatic N) is 2. The Morgan fingerprint density at radius 1 is 1.59 bits per heavy atom. The summed E-state index contributed by atoms with van der Waals surface area (Å²) in [7, 11) is 0. The van der Waals surface area contributed by atoms with E-state index in [2.05, 4.69) is 10.3 Å². The van der Waals surface area contributed by atoms with Crippen LogP contribution in [0, 0.1) is 6.92 Å². The minimum Gasteiger partial charge on any atom is -0.307 e. The van der Waals surface area contributed by atoms with Gasteiger partial charge in [-0.15, -0.1) is 11.3 Å². The van der Waals surface area contributed by atoms with Gasteiger partial charge in [0.25, 0.3) is 5.91 Å². The van der Waals surface area contributed by atoms with Crippen LogP contribution in [-0.2, 0) is 4.79 Å². The molecule has 3 heterocycles. The van der Waals surface area contributed by atoms with Gasteiger partial charge in [0, 0.05) is 11.6 Å². The number of aryl methyl sites for hydroxylation is 1. The Hall–Kier alpha value is -1.18. The maximum Gasteiger partial charge on any atom is 0.263 e. The minimum atomic E-state index is -0.135. The number of hydrogen-bond acceptors (Lipinski definition) is 5. The predicted octanol–water partition coefficient (Wildman–Crippen LogP) is 2.19. The largest absolute Gasteiger partial charge is 0.307 e. The molecule has 0 unspecified atom stereocenters. The van der Waals surface area contributed by atoms with Crippen molar-refractivity contribution in [2.24, 2.45) is 0 Å². The van der Waals surface area contributed by atoms with Crippen LogP contribution in [0.3, 0.4) is 0 Å². The smallest absolute Gasteiger partial charge is 0.263 e. The molecule has 2 aromatic rings.